The fourth-order valence-electron chi connectivity index (χ4n) is 1.69. The van der Waals surface area contributed by atoms with Crippen LogP contribution in [0, 0.1) is 6.92 Å². The maximum absolute atomic E-state index is 11.9. The third-order valence-corrected chi connectivity index (χ3v) is 6.02. The van der Waals surface area contributed by atoms with Crippen LogP contribution >= 0.6 is 11.3 Å². The van der Waals surface area contributed by atoms with Gasteiger partial charge in [-0.15, -0.1) is 11.3 Å². The number of carbonyl (C=O) groups is 1. The molecule has 0 radical (unpaired) electrons. The van der Waals surface area contributed by atoms with Gasteiger partial charge in [-0.3, -0.25) is 4.79 Å². The zero-order valence-electron chi connectivity index (χ0n) is 11.0. The normalized spacial score (nSPS) is 11.2. The van der Waals surface area contributed by atoms with Crippen molar-refractivity contribution in [2.24, 2.45) is 0 Å². The Kier molecular flexibility index (Phi) is 4.57. The van der Waals surface area contributed by atoms with Crippen LogP contribution in [0.4, 0.5) is 5.69 Å². The number of para-hydroxylation sites is 1. The van der Waals surface area contributed by atoms with Crippen LogP contribution in [-0.2, 0) is 14.6 Å². The lowest BCUT2D eigenvalue weighted by Crippen LogP contribution is -2.17. The minimum absolute atomic E-state index is 0.0471. The number of hydrogen-bond donors (Lipinski definition) is 1. The highest BCUT2D eigenvalue weighted by Crippen LogP contribution is 2.18. The van der Waals surface area contributed by atoms with Crippen molar-refractivity contribution >= 4 is 32.8 Å². The van der Waals surface area contributed by atoms with E-state index in [1.165, 1.54) is 11.3 Å². The minimum atomic E-state index is -3.36. The Hall–Kier alpha value is -1.66. The Labute approximate surface area is 122 Å². The molecule has 2 aromatic rings. The maximum atomic E-state index is 11.9. The minimum Gasteiger partial charge on any atom is -0.326 e. The Balaban J connectivity index is 1.95. The first kappa shape index (κ1) is 14.7. The summed E-state index contributed by atoms with van der Waals surface area (Å²) in [4.78, 5) is 11.8. The molecule has 1 amide bonds. The van der Waals surface area contributed by atoms with Gasteiger partial charge >= 0.3 is 0 Å². The van der Waals surface area contributed by atoms with Crippen LogP contribution in [0.15, 0.2) is 46.0 Å². The number of anilines is 1. The molecule has 0 fully saturated rings. The third-order valence-electron chi connectivity index (χ3n) is 2.82. The number of aryl methyl sites for hydroxylation is 1. The highest BCUT2D eigenvalue weighted by Gasteiger charge is 2.17. The molecule has 20 heavy (non-hydrogen) atoms. The molecule has 0 unspecified atom stereocenters. The number of thiophene rings is 1. The van der Waals surface area contributed by atoms with Crippen molar-refractivity contribution in [1.82, 2.24) is 0 Å². The van der Waals surface area contributed by atoms with Crippen LogP contribution in [-0.4, -0.2) is 20.1 Å². The molecule has 1 heterocycles. The molecular formula is C14H15NO3S2. The molecule has 0 spiro atoms. The second-order valence-electron chi connectivity index (χ2n) is 4.36. The SMILES string of the molecule is Cc1ccccc1NC(=O)CCS(=O)(=O)c1cccs1. The van der Waals surface area contributed by atoms with Gasteiger partial charge in [0.05, 0.1) is 5.75 Å². The molecule has 0 atom stereocenters. The number of carbonyl (C=O) groups excluding carboxylic acids is 1. The summed E-state index contributed by atoms with van der Waals surface area (Å²) in [5, 5.41) is 4.44. The predicted molar refractivity (Wildman–Crippen MR) is 80.8 cm³/mol. The zero-order chi connectivity index (χ0) is 14.6. The summed E-state index contributed by atoms with van der Waals surface area (Å²) in [5.74, 6) is -0.468. The molecule has 4 nitrogen and oxygen atoms in total. The van der Waals surface area contributed by atoms with Crippen LogP contribution in [0.1, 0.15) is 12.0 Å². The van der Waals surface area contributed by atoms with E-state index in [2.05, 4.69) is 5.32 Å². The maximum Gasteiger partial charge on any atom is 0.225 e. The molecule has 0 saturated carbocycles. The summed E-state index contributed by atoms with van der Waals surface area (Å²) >= 11 is 1.17. The third kappa shape index (κ3) is 3.68. The van der Waals surface area contributed by atoms with E-state index in [0.717, 1.165) is 5.56 Å². The number of sulfone groups is 1. The highest BCUT2D eigenvalue weighted by atomic mass is 32.2. The summed E-state index contributed by atoms with van der Waals surface area (Å²) in [6, 6.07) is 10.6. The first-order valence-electron chi connectivity index (χ1n) is 6.11. The molecule has 1 N–H and O–H groups in total. The topological polar surface area (TPSA) is 63.2 Å². The standard InChI is InChI=1S/C14H15NO3S2/c1-11-5-2-3-6-12(11)15-13(16)8-10-20(17,18)14-7-4-9-19-14/h2-7,9H,8,10H2,1H3,(H,15,16). The summed E-state index contributed by atoms with van der Waals surface area (Å²) in [7, 11) is -3.36. The molecule has 0 bridgehead atoms. The Morgan fingerprint density at radius 3 is 2.60 bits per heavy atom. The number of hydrogen-bond acceptors (Lipinski definition) is 4. The molecule has 106 valence electrons. The average molecular weight is 309 g/mol. The summed E-state index contributed by atoms with van der Waals surface area (Å²) < 4.78 is 24.2. The van der Waals surface area contributed by atoms with E-state index in [1.54, 1.807) is 23.6 Å². The van der Waals surface area contributed by atoms with Gasteiger partial charge in [-0.2, -0.15) is 0 Å². The molecule has 6 heteroatoms. The largest absolute Gasteiger partial charge is 0.326 e. The quantitative estimate of drug-likeness (QED) is 0.923. The van der Waals surface area contributed by atoms with Gasteiger partial charge in [-0.25, -0.2) is 8.42 Å². The number of benzene rings is 1. The van der Waals surface area contributed by atoms with Gasteiger partial charge in [-0.1, -0.05) is 24.3 Å². The monoisotopic (exact) mass is 309 g/mol. The molecule has 0 saturated heterocycles. The highest BCUT2D eigenvalue weighted by molar-refractivity contribution is 7.93. The van der Waals surface area contributed by atoms with Crippen LogP contribution in [0.5, 0.6) is 0 Å². The molecule has 1 aromatic heterocycles. The lowest BCUT2D eigenvalue weighted by Gasteiger charge is -2.07. The van der Waals surface area contributed by atoms with Crippen molar-refractivity contribution < 1.29 is 13.2 Å². The van der Waals surface area contributed by atoms with Gasteiger partial charge in [0, 0.05) is 12.1 Å². The van der Waals surface area contributed by atoms with Gasteiger partial charge in [0.15, 0.2) is 9.84 Å². The van der Waals surface area contributed by atoms with Crippen LogP contribution in [0.2, 0.25) is 0 Å². The molecular weight excluding hydrogens is 294 g/mol. The first-order valence-corrected chi connectivity index (χ1v) is 8.64. The second-order valence-corrected chi connectivity index (χ2v) is 7.65. The number of rotatable bonds is 5. The molecule has 0 aliphatic rings. The molecule has 2 rings (SSSR count). The summed E-state index contributed by atoms with van der Waals surface area (Å²) in [5.41, 5.74) is 1.66. The van der Waals surface area contributed by atoms with E-state index in [4.69, 9.17) is 0 Å². The van der Waals surface area contributed by atoms with E-state index in [1.807, 2.05) is 25.1 Å². The molecule has 0 aliphatic carbocycles. The van der Waals surface area contributed by atoms with Crippen molar-refractivity contribution in [2.45, 2.75) is 17.6 Å². The van der Waals surface area contributed by atoms with Gasteiger partial charge < -0.3 is 5.32 Å². The van der Waals surface area contributed by atoms with E-state index in [9.17, 15) is 13.2 Å². The second kappa shape index (κ2) is 6.19. The molecule has 1 aromatic carbocycles. The van der Waals surface area contributed by atoms with E-state index in [0.29, 0.717) is 9.90 Å². The van der Waals surface area contributed by atoms with Crippen molar-refractivity contribution in [2.75, 3.05) is 11.1 Å². The van der Waals surface area contributed by atoms with Crippen molar-refractivity contribution in [3.63, 3.8) is 0 Å². The van der Waals surface area contributed by atoms with Gasteiger partial charge in [-0.05, 0) is 30.0 Å². The average Bonchev–Trinajstić information content (AvgIpc) is 2.94. The number of nitrogens with one attached hydrogen (secondary N) is 1. The smallest absolute Gasteiger partial charge is 0.225 e. The number of amides is 1. The van der Waals surface area contributed by atoms with Crippen molar-refractivity contribution in [3.05, 3.63) is 47.3 Å². The van der Waals surface area contributed by atoms with Crippen molar-refractivity contribution in [1.29, 1.82) is 0 Å². The van der Waals surface area contributed by atoms with Gasteiger partial charge in [0.2, 0.25) is 5.91 Å². The van der Waals surface area contributed by atoms with E-state index in [-0.39, 0.29) is 18.1 Å². The Morgan fingerprint density at radius 2 is 1.95 bits per heavy atom. The van der Waals surface area contributed by atoms with E-state index < -0.39 is 9.84 Å². The Bertz CT molecular complexity index is 691. The summed E-state index contributed by atoms with van der Waals surface area (Å²) in [6.45, 7) is 1.89. The zero-order valence-corrected chi connectivity index (χ0v) is 12.6. The molecule has 0 aliphatic heterocycles. The fourth-order valence-corrected chi connectivity index (χ4v) is 4.09. The van der Waals surface area contributed by atoms with Gasteiger partial charge in [0.1, 0.15) is 4.21 Å². The Morgan fingerprint density at radius 1 is 1.20 bits per heavy atom. The lowest BCUT2D eigenvalue weighted by molar-refractivity contribution is -0.115. The van der Waals surface area contributed by atoms with Crippen LogP contribution < -0.4 is 5.32 Å². The predicted octanol–water partition coefficient (Wildman–Crippen LogP) is 2.86. The van der Waals surface area contributed by atoms with Gasteiger partial charge in [0.25, 0.3) is 0 Å². The first-order chi connectivity index (χ1) is 9.49. The van der Waals surface area contributed by atoms with E-state index >= 15 is 0 Å². The summed E-state index contributed by atoms with van der Waals surface area (Å²) in [6.07, 6.45) is -0.0471. The fraction of sp³-hybridized carbons (Fsp3) is 0.214. The van der Waals surface area contributed by atoms with Crippen molar-refractivity contribution in [3.8, 4) is 0 Å². The van der Waals surface area contributed by atoms with Crippen LogP contribution in [0.25, 0.3) is 0 Å². The lowest BCUT2D eigenvalue weighted by atomic mass is 10.2. The van der Waals surface area contributed by atoms with Crippen LogP contribution in [0.3, 0.4) is 0 Å².